The Labute approximate surface area is 222 Å². The summed E-state index contributed by atoms with van der Waals surface area (Å²) in [5.74, 6) is 0.382. The molecule has 0 bridgehead atoms. The number of methoxy groups -OCH3 is 1. The van der Waals surface area contributed by atoms with Crippen LogP contribution in [0.3, 0.4) is 0 Å². The first kappa shape index (κ1) is 29.6. The number of carbonyl (C=O) groups excluding carboxylic acids is 3. The molecule has 38 heavy (non-hydrogen) atoms. The minimum atomic E-state index is -0.534. The topological polar surface area (TPSA) is 97.4 Å². The molecule has 8 heteroatoms. The van der Waals surface area contributed by atoms with Crippen molar-refractivity contribution < 1.29 is 38.1 Å². The van der Waals surface area contributed by atoms with Crippen molar-refractivity contribution in [2.75, 3.05) is 20.3 Å². The summed E-state index contributed by atoms with van der Waals surface area (Å²) in [5.41, 5.74) is 0.737. The maximum Gasteiger partial charge on any atom is 0.343 e. The standard InChI is InChI=1S/C28H26O8.C2H6/c1-3-26(29)34-19-5-4-18-33-23-12-8-21(9-13-23)28(31)36-25-16-14-24(15-17-25)35-27(30)20-6-10-22(32-2)11-7-20;1-2/h3,6-17H,1,4-5,18-19H2,2H3;1-2H3. The Bertz CT molecular complexity index is 1170. The number of rotatable bonds is 12. The molecule has 0 atom stereocenters. The van der Waals surface area contributed by atoms with Gasteiger partial charge in [0.25, 0.3) is 0 Å². The molecule has 3 aromatic rings. The normalized spacial score (nSPS) is 9.76. The van der Waals surface area contributed by atoms with Crippen LogP contribution in [0, 0.1) is 0 Å². The summed E-state index contributed by atoms with van der Waals surface area (Å²) in [6.45, 7) is 8.09. The smallest absolute Gasteiger partial charge is 0.343 e. The van der Waals surface area contributed by atoms with Crippen LogP contribution in [-0.2, 0) is 9.53 Å². The van der Waals surface area contributed by atoms with Gasteiger partial charge in [0.05, 0.1) is 31.5 Å². The van der Waals surface area contributed by atoms with Crippen LogP contribution in [0.4, 0.5) is 0 Å². The van der Waals surface area contributed by atoms with Gasteiger partial charge in [-0.05, 0) is 85.6 Å². The van der Waals surface area contributed by atoms with E-state index in [0.29, 0.717) is 60.2 Å². The van der Waals surface area contributed by atoms with Gasteiger partial charge in [-0.2, -0.15) is 0 Å². The molecule has 0 N–H and O–H groups in total. The Morgan fingerprint density at radius 2 is 1.08 bits per heavy atom. The second-order valence-corrected chi connectivity index (χ2v) is 7.43. The molecular formula is C30H32O8. The summed E-state index contributed by atoms with van der Waals surface area (Å²) in [6.07, 6.45) is 2.50. The van der Waals surface area contributed by atoms with Gasteiger partial charge in [0.2, 0.25) is 0 Å². The molecule has 0 spiro atoms. The molecule has 0 unspecified atom stereocenters. The maximum atomic E-state index is 12.4. The monoisotopic (exact) mass is 520 g/mol. The van der Waals surface area contributed by atoms with E-state index < -0.39 is 17.9 Å². The third-order valence-electron chi connectivity index (χ3n) is 4.88. The van der Waals surface area contributed by atoms with Crippen LogP contribution in [0.1, 0.15) is 47.4 Å². The van der Waals surface area contributed by atoms with Gasteiger partial charge in [0, 0.05) is 6.08 Å². The zero-order chi connectivity index (χ0) is 27.8. The van der Waals surface area contributed by atoms with Gasteiger partial charge in [0.15, 0.2) is 0 Å². The fourth-order valence-corrected chi connectivity index (χ4v) is 2.95. The van der Waals surface area contributed by atoms with E-state index in [1.807, 2.05) is 13.8 Å². The highest BCUT2D eigenvalue weighted by Gasteiger charge is 2.11. The average molecular weight is 521 g/mol. The van der Waals surface area contributed by atoms with Crippen LogP contribution in [0.5, 0.6) is 23.0 Å². The van der Waals surface area contributed by atoms with Gasteiger partial charge in [-0.15, -0.1) is 0 Å². The van der Waals surface area contributed by atoms with Crippen LogP contribution in [0.15, 0.2) is 85.5 Å². The molecule has 0 heterocycles. The molecule has 0 aliphatic heterocycles. The molecular weight excluding hydrogens is 488 g/mol. The summed E-state index contributed by atoms with van der Waals surface area (Å²) in [6, 6.07) is 19.3. The lowest BCUT2D eigenvalue weighted by atomic mass is 10.2. The van der Waals surface area contributed by atoms with Gasteiger partial charge >= 0.3 is 17.9 Å². The molecule has 0 aliphatic rings. The molecule has 0 aromatic heterocycles. The molecule has 0 radical (unpaired) electrons. The van der Waals surface area contributed by atoms with Crippen molar-refractivity contribution in [3.05, 3.63) is 96.6 Å². The fraction of sp³-hybridized carbons (Fsp3) is 0.233. The van der Waals surface area contributed by atoms with Crippen molar-refractivity contribution in [3.63, 3.8) is 0 Å². The lowest BCUT2D eigenvalue weighted by Crippen LogP contribution is -2.09. The highest BCUT2D eigenvalue weighted by molar-refractivity contribution is 5.92. The minimum absolute atomic E-state index is 0.307. The van der Waals surface area contributed by atoms with Crippen molar-refractivity contribution in [2.24, 2.45) is 0 Å². The van der Waals surface area contributed by atoms with E-state index in [4.69, 9.17) is 23.7 Å². The highest BCUT2D eigenvalue weighted by atomic mass is 16.5. The Morgan fingerprint density at radius 3 is 1.53 bits per heavy atom. The quantitative estimate of drug-likeness (QED) is 0.123. The highest BCUT2D eigenvalue weighted by Crippen LogP contribution is 2.21. The first-order chi connectivity index (χ1) is 18.5. The van der Waals surface area contributed by atoms with Gasteiger partial charge < -0.3 is 23.7 Å². The van der Waals surface area contributed by atoms with Crippen molar-refractivity contribution in [2.45, 2.75) is 26.7 Å². The van der Waals surface area contributed by atoms with E-state index in [2.05, 4.69) is 6.58 Å². The predicted molar refractivity (Wildman–Crippen MR) is 143 cm³/mol. The maximum absolute atomic E-state index is 12.4. The largest absolute Gasteiger partial charge is 0.497 e. The summed E-state index contributed by atoms with van der Waals surface area (Å²) in [7, 11) is 1.55. The second-order valence-electron chi connectivity index (χ2n) is 7.43. The zero-order valence-electron chi connectivity index (χ0n) is 21.8. The van der Waals surface area contributed by atoms with E-state index in [-0.39, 0.29) is 0 Å². The van der Waals surface area contributed by atoms with E-state index in [1.165, 1.54) is 0 Å². The van der Waals surface area contributed by atoms with E-state index in [9.17, 15) is 14.4 Å². The van der Waals surface area contributed by atoms with E-state index in [0.717, 1.165) is 6.08 Å². The minimum Gasteiger partial charge on any atom is -0.497 e. The number of ether oxygens (including phenoxy) is 5. The van der Waals surface area contributed by atoms with Gasteiger partial charge in [0.1, 0.15) is 23.0 Å². The molecule has 8 nitrogen and oxygen atoms in total. The summed E-state index contributed by atoms with van der Waals surface area (Å²) in [5, 5.41) is 0. The third kappa shape index (κ3) is 9.81. The third-order valence-corrected chi connectivity index (χ3v) is 4.88. The predicted octanol–water partition coefficient (Wildman–Crippen LogP) is 6.05. The first-order valence-corrected chi connectivity index (χ1v) is 12.2. The molecule has 0 aliphatic carbocycles. The van der Waals surface area contributed by atoms with Gasteiger partial charge in [-0.1, -0.05) is 20.4 Å². The number of hydrogen-bond donors (Lipinski definition) is 0. The van der Waals surface area contributed by atoms with Gasteiger partial charge in [-0.25, -0.2) is 14.4 Å². The van der Waals surface area contributed by atoms with Crippen molar-refractivity contribution in [1.82, 2.24) is 0 Å². The summed E-state index contributed by atoms with van der Waals surface area (Å²) < 4.78 is 26.3. The lowest BCUT2D eigenvalue weighted by Gasteiger charge is -2.09. The Hall–Kier alpha value is -4.59. The number of hydrogen-bond acceptors (Lipinski definition) is 8. The molecule has 0 amide bonds. The van der Waals surface area contributed by atoms with E-state index in [1.54, 1.807) is 79.9 Å². The second kappa shape index (κ2) is 16.2. The average Bonchev–Trinajstić information content (AvgIpc) is 2.97. The Morgan fingerprint density at radius 1 is 0.658 bits per heavy atom. The van der Waals surface area contributed by atoms with E-state index >= 15 is 0 Å². The number of benzene rings is 3. The Kier molecular flexibility index (Phi) is 12.6. The summed E-state index contributed by atoms with van der Waals surface area (Å²) in [4.78, 5) is 35.6. The first-order valence-electron chi connectivity index (χ1n) is 12.2. The van der Waals surface area contributed by atoms with Crippen LogP contribution in [-0.4, -0.2) is 38.2 Å². The lowest BCUT2D eigenvalue weighted by molar-refractivity contribution is -0.137. The van der Waals surface area contributed by atoms with Crippen LogP contribution in [0.25, 0.3) is 0 Å². The van der Waals surface area contributed by atoms with Crippen LogP contribution in [0.2, 0.25) is 0 Å². The molecule has 200 valence electrons. The van der Waals surface area contributed by atoms with Crippen LogP contribution >= 0.6 is 0 Å². The van der Waals surface area contributed by atoms with Crippen molar-refractivity contribution in [1.29, 1.82) is 0 Å². The number of esters is 3. The van der Waals surface area contributed by atoms with Crippen molar-refractivity contribution in [3.8, 4) is 23.0 Å². The molecule has 0 saturated heterocycles. The van der Waals surface area contributed by atoms with Crippen LogP contribution < -0.4 is 18.9 Å². The molecule has 3 aromatic carbocycles. The summed E-state index contributed by atoms with van der Waals surface area (Å²) >= 11 is 0. The zero-order valence-corrected chi connectivity index (χ0v) is 21.8. The fourth-order valence-electron chi connectivity index (χ4n) is 2.95. The molecule has 0 fully saturated rings. The Balaban J connectivity index is 0.00000247. The van der Waals surface area contributed by atoms with Gasteiger partial charge in [-0.3, -0.25) is 0 Å². The number of carbonyl (C=O) groups is 3. The number of unbranched alkanes of at least 4 members (excludes halogenated alkanes) is 1. The van der Waals surface area contributed by atoms with Crippen molar-refractivity contribution >= 4 is 17.9 Å². The molecule has 0 saturated carbocycles. The SMILES string of the molecule is C=CC(=O)OCCCCOc1ccc(C(=O)Oc2ccc(OC(=O)c3ccc(OC)cc3)cc2)cc1.CC. The molecule has 3 rings (SSSR count).